The van der Waals surface area contributed by atoms with Crippen LogP contribution in [0.3, 0.4) is 0 Å². The smallest absolute Gasteiger partial charge is 0.303 e. The van der Waals surface area contributed by atoms with Crippen LogP contribution in [0.1, 0.15) is 12.2 Å². The van der Waals surface area contributed by atoms with Crippen molar-refractivity contribution in [1.29, 1.82) is 0 Å². The summed E-state index contributed by atoms with van der Waals surface area (Å²) in [5.41, 5.74) is 0. The highest BCUT2D eigenvalue weighted by Gasteiger charge is 2.00. The first kappa shape index (κ1) is 6.80. The molecule has 4 nitrogen and oxygen atoms in total. The summed E-state index contributed by atoms with van der Waals surface area (Å²) in [6.45, 7) is 0. The number of aromatic nitrogens is 1. The van der Waals surface area contributed by atoms with Gasteiger partial charge in [0.05, 0.1) is 6.42 Å². The summed E-state index contributed by atoms with van der Waals surface area (Å²) in [5, 5.41) is 11.5. The molecule has 1 N–H and O–H groups in total. The SMILES string of the molecule is O=C(O)CCc1c[c]no1. The van der Waals surface area contributed by atoms with Gasteiger partial charge in [-0.1, -0.05) is 5.16 Å². The van der Waals surface area contributed by atoms with E-state index in [2.05, 4.69) is 15.9 Å². The van der Waals surface area contributed by atoms with Gasteiger partial charge >= 0.3 is 5.97 Å². The lowest BCUT2D eigenvalue weighted by Crippen LogP contribution is -1.95. The van der Waals surface area contributed by atoms with Gasteiger partial charge in [-0.25, -0.2) is 0 Å². The Morgan fingerprint density at radius 3 is 3.20 bits per heavy atom. The van der Waals surface area contributed by atoms with E-state index in [9.17, 15) is 4.79 Å². The Morgan fingerprint density at radius 1 is 1.90 bits per heavy atom. The van der Waals surface area contributed by atoms with Crippen molar-refractivity contribution in [1.82, 2.24) is 5.16 Å². The molecule has 0 amide bonds. The second-order valence-electron chi connectivity index (χ2n) is 1.82. The van der Waals surface area contributed by atoms with E-state index in [0.29, 0.717) is 12.2 Å². The molecule has 0 aliphatic heterocycles. The fraction of sp³-hybridized carbons (Fsp3) is 0.333. The number of carboxylic acid groups (broad SMARTS) is 1. The van der Waals surface area contributed by atoms with E-state index >= 15 is 0 Å². The van der Waals surface area contributed by atoms with Crippen LogP contribution in [0.2, 0.25) is 0 Å². The lowest BCUT2D eigenvalue weighted by atomic mass is 10.2. The Labute approximate surface area is 57.4 Å². The van der Waals surface area contributed by atoms with Gasteiger partial charge in [-0.2, -0.15) is 0 Å². The van der Waals surface area contributed by atoms with Crippen LogP contribution in [0.25, 0.3) is 0 Å². The highest BCUT2D eigenvalue weighted by Crippen LogP contribution is 1.99. The van der Waals surface area contributed by atoms with Crippen LogP contribution in [-0.2, 0) is 11.2 Å². The van der Waals surface area contributed by atoms with Gasteiger partial charge in [0.15, 0.2) is 0 Å². The van der Waals surface area contributed by atoms with Gasteiger partial charge in [-0.15, -0.1) is 0 Å². The molecular formula is C6H6NO3. The Kier molecular flexibility index (Phi) is 2.04. The van der Waals surface area contributed by atoms with Crippen LogP contribution in [0.15, 0.2) is 10.6 Å². The summed E-state index contributed by atoms with van der Waals surface area (Å²) in [7, 11) is 0. The summed E-state index contributed by atoms with van der Waals surface area (Å²) in [5.74, 6) is -0.279. The number of aliphatic carboxylic acids is 1. The van der Waals surface area contributed by atoms with E-state index in [1.54, 1.807) is 0 Å². The van der Waals surface area contributed by atoms with Crippen molar-refractivity contribution in [2.75, 3.05) is 0 Å². The number of carboxylic acids is 1. The van der Waals surface area contributed by atoms with Gasteiger partial charge in [-0.3, -0.25) is 4.79 Å². The number of carbonyl (C=O) groups is 1. The number of hydrogen-bond donors (Lipinski definition) is 1. The van der Waals surface area contributed by atoms with Crippen molar-refractivity contribution < 1.29 is 14.4 Å². The van der Waals surface area contributed by atoms with E-state index in [1.165, 1.54) is 6.07 Å². The van der Waals surface area contributed by atoms with E-state index < -0.39 is 5.97 Å². The molecule has 53 valence electrons. The monoisotopic (exact) mass is 140 g/mol. The van der Waals surface area contributed by atoms with Crippen molar-refractivity contribution in [2.24, 2.45) is 0 Å². The Bertz CT molecular complexity index is 205. The minimum Gasteiger partial charge on any atom is -0.481 e. The minimum absolute atomic E-state index is 0.0725. The minimum atomic E-state index is -0.837. The van der Waals surface area contributed by atoms with Crippen molar-refractivity contribution >= 4 is 5.97 Å². The first-order valence-electron chi connectivity index (χ1n) is 2.82. The second-order valence-corrected chi connectivity index (χ2v) is 1.82. The lowest BCUT2D eigenvalue weighted by molar-refractivity contribution is -0.137. The summed E-state index contributed by atoms with van der Waals surface area (Å²) in [4.78, 5) is 10.0. The zero-order valence-electron chi connectivity index (χ0n) is 5.20. The predicted molar refractivity (Wildman–Crippen MR) is 31.3 cm³/mol. The molecule has 1 heterocycles. The summed E-state index contributed by atoms with van der Waals surface area (Å²) in [6.07, 6.45) is 2.90. The predicted octanol–water partition coefficient (Wildman–Crippen LogP) is 0.492. The molecule has 0 aromatic carbocycles. The zero-order chi connectivity index (χ0) is 7.40. The molecule has 1 aromatic heterocycles. The fourth-order valence-electron chi connectivity index (χ4n) is 0.558. The van der Waals surface area contributed by atoms with Gasteiger partial charge < -0.3 is 9.63 Å². The molecule has 0 bridgehead atoms. The first-order chi connectivity index (χ1) is 4.79. The van der Waals surface area contributed by atoms with Gasteiger partial charge in [0.2, 0.25) is 0 Å². The summed E-state index contributed by atoms with van der Waals surface area (Å²) < 4.78 is 4.62. The normalized spacial score (nSPS) is 9.60. The van der Waals surface area contributed by atoms with Crippen molar-refractivity contribution in [3.05, 3.63) is 18.0 Å². The molecule has 0 atom stereocenters. The number of hydrogen-bond acceptors (Lipinski definition) is 3. The summed E-state index contributed by atoms with van der Waals surface area (Å²) >= 11 is 0. The average molecular weight is 140 g/mol. The van der Waals surface area contributed by atoms with Gasteiger partial charge in [0.1, 0.15) is 12.0 Å². The van der Waals surface area contributed by atoms with Gasteiger partial charge in [0.25, 0.3) is 0 Å². The van der Waals surface area contributed by atoms with E-state index in [0.717, 1.165) is 0 Å². The third-order valence-electron chi connectivity index (χ3n) is 1.03. The van der Waals surface area contributed by atoms with Crippen molar-refractivity contribution in [3.63, 3.8) is 0 Å². The van der Waals surface area contributed by atoms with Crippen LogP contribution in [0, 0.1) is 6.20 Å². The maximum absolute atomic E-state index is 10.0. The molecule has 0 spiro atoms. The van der Waals surface area contributed by atoms with Crippen LogP contribution in [0.5, 0.6) is 0 Å². The van der Waals surface area contributed by atoms with Crippen LogP contribution in [-0.4, -0.2) is 16.2 Å². The van der Waals surface area contributed by atoms with E-state index in [1.807, 2.05) is 0 Å². The molecule has 10 heavy (non-hydrogen) atoms. The van der Waals surface area contributed by atoms with Crippen molar-refractivity contribution in [2.45, 2.75) is 12.8 Å². The molecule has 0 saturated carbocycles. The fourth-order valence-corrected chi connectivity index (χ4v) is 0.558. The molecule has 1 rings (SSSR count). The van der Waals surface area contributed by atoms with Crippen LogP contribution < -0.4 is 0 Å². The molecule has 0 unspecified atom stereocenters. The standard InChI is InChI=1S/C6H6NO3/c8-6(9)2-1-5-3-4-7-10-5/h3H,1-2H2,(H,8,9). The Hall–Kier alpha value is -1.32. The van der Waals surface area contributed by atoms with E-state index in [4.69, 9.17) is 5.11 Å². The first-order valence-corrected chi connectivity index (χ1v) is 2.82. The largest absolute Gasteiger partial charge is 0.481 e. The number of nitrogens with zero attached hydrogens (tertiary/aromatic N) is 1. The molecule has 4 heteroatoms. The number of rotatable bonds is 3. The lowest BCUT2D eigenvalue weighted by Gasteiger charge is -1.87. The molecule has 0 fully saturated rings. The molecule has 0 aliphatic carbocycles. The molecule has 1 aromatic rings. The van der Waals surface area contributed by atoms with Gasteiger partial charge in [-0.05, 0) is 0 Å². The Balaban J connectivity index is 2.35. The Morgan fingerprint density at radius 2 is 2.70 bits per heavy atom. The third-order valence-corrected chi connectivity index (χ3v) is 1.03. The van der Waals surface area contributed by atoms with Gasteiger partial charge in [0, 0.05) is 12.5 Å². The zero-order valence-corrected chi connectivity index (χ0v) is 5.20. The van der Waals surface area contributed by atoms with Crippen molar-refractivity contribution in [3.8, 4) is 0 Å². The topological polar surface area (TPSA) is 63.3 Å². The number of aryl methyl sites for hydroxylation is 1. The molecular weight excluding hydrogens is 134 g/mol. The average Bonchev–Trinajstić information content (AvgIpc) is 2.34. The maximum atomic E-state index is 10.0. The molecule has 0 aliphatic rings. The van der Waals surface area contributed by atoms with Crippen LogP contribution in [0.4, 0.5) is 0 Å². The maximum Gasteiger partial charge on any atom is 0.303 e. The highest BCUT2D eigenvalue weighted by molar-refractivity contribution is 5.66. The second kappa shape index (κ2) is 3.00. The quantitative estimate of drug-likeness (QED) is 0.663. The third kappa shape index (κ3) is 1.89. The highest BCUT2D eigenvalue weighted by atomic mass is 16.5. The molecule has 0 saturated heterocycles. The summed E-state index contributed by atoms with van der Waals surface area (Å²) in [6, 6.07) is 1.53. The van der Waals surface area contributed by atoms with Crippen LogP contribution >= 0.6 is 0 Å². The van der Waals surface area contributed by atoms with E-state index in [-0.39, 0.29) is 6.42 Å². The molecule has 1 radical (unpaired) electrons.